The number of nitrogen functional groups attached to an aromatic ring is 1. The van der Waals surface area contributed by atoms with Gasteiger partial charge in [-0.25, -0.2) is 0 Å². The Morgan fingerprint density at radius 2 is 2.42 bits per heavy atom. The first-order valence-electron chi connectivity index (χ1n) is 4.12. The van der Waals surface area contributed by atoms with Gasteiger partial charge in [0.05, 0.1) is 0 Å². The molecule has 12 heavy (non-hydrogen) atoms. The molecule has 0 aliphatic carbocycles. The SMILES string of the molecule is Cc1oc(N)nc1C1CCCO1. The highest BCUT2D eigenvalue weighted by molar-refractivity contribution is 5.21. The Labute approximate surface area is 70.7 Å². The first-order chi connectivity index (χ1) is 5.77. The van der Waals surface area contributed by atoms with Gasteiger partial charge in [-0.15, -0.1) is 0 Å². The third-order valence-corrected chi connectivity index (χ3v) is 2.08. The maximum absolute atomic E-state index is 5.46. The minimum Gasteiger partial charge on any atom is -0.429 e. The van der Waals surface area contributed by atoms with E-state index < -0.39 is 0 Å². The van der Waals surface area contributed by atoms with Crippen molar-refractivity contribution in [1.82, 2.24) is 4.98 Å². The van der Waals surface area contributed by atoms with Crippen LogP contribution >= 0.6 is 0 Å². The Balaban J connectivity index is 2.25. The van der Waals surface area contributed by atoms with Crippen LogP contribution in [0.15, 0.2) is 4.42 Å². The molecule has 4 heteroatoms. The van der Waals surface area contributed by atoms with E-state index in [1.165, 1.54) is 0 Å². The summed E-state index contributed by atoms with van der Waals surface area (Å²) in [7, 11) is 0. The zero-order valence-electron chi connectivity index (χ0n) is 7.04. The highest BCUT2D eigenvalue weighted by Gasteiger charge is 2.23. The fourth-order valence-electron chi connectivity index (χ4n) is 1.52. The second kappa shape index (κ2) is 2.79. The summed E-state index contributed by atoms with van der Waals surface area (Å²) < 4.78 is 10.6. The van der Waals surface area contributed by atoms with Crippen LogP contribution in [0.3, 0.4) is 0 Å². The van der Waals surface area contributed by atoms with Gasteiger partial charge in [0.1, 0.15) is 17.6 Å². The fourth-order valence-corrected chi connectivity index (χ4v) is 1.52. The van der Waals surface area contributed by atoms with Crippen LogP contribution in [0.4, 0.5) is 6.01 Å². The standard InChI is InChI=1S/C8H12N2O2/c1-5-7(10-8(9)12-5)6-3-2-4-11-6/h6H,2-4H2,1H3,(H2,9,10). The molecule has 1 fully saturated rings. The average molecular weight is 168 g/mol. The van der Waals surface area contributed by atoms with E-state index in [0.29, 0.717) is 0 Å². The van der Waals surface area contributed by atoms with Gasteiger partial charge in [0.15, 0.2) is 0 Å². The number of nitrogens with two attached hydrogens (primary N) is 1. The maximum atomic E-state index is 5.46. The summed E-state index contributed by atoms with van der Waals surface area (Å²) >= 11 is 0. The summed E-state index contributed by atoms with van der Waals surface area (Å²) in [4.78, 5) is 4.08. The molecule has 4 nitrogen and oxygen atoms in total. The first-order valence-corrected chi connectivity index (χ1v) is 4.12. The van der Waals surface area contributed by atoms with Crippen molar-refractivity contribution < 1.29 is 9.15 Å². The van der Waals surface area contributed by atoms with Crippen LogP contribution < -0.4 is 5.73 Å². The maximum Gasteiger partial charge on any atom is 0.292 e. The Morgan fingerprint density at radius 1 is 1.58 bits per heavy atom. The number of hydrogen-bond donors (Lipinski definition) is 1. The molecule has 1 aromatic rings. The smallest absolute Gasteiger partial charge is 0.292 e. The van der Waals surface area contributed by atoms with Crippen molar-refractivity contribution in [3.8, 4) is 0 Å². The number of ether oxygens (including phenoxy) is 1. The molecule has 1 aliphatic rings. The lowest BCUT2D eigenvalue weighted by molar-refractivity contribution is 0.108. The molecule has 2 heterocycles. The molecule has 0 spiro atoms. The molecule has 1 atom stereocenters. The molecule has 66 valence electrons. The van der Waals surface area contributed by atoms with Gasteiger partial charge in [0.2, 0.25) is 0 Å². The number of aromatic nitrogens is 1. The van der Waals surface area contributed by atoms with Crippen LogP contribution in [0, 0.1) is 6.92 Å². The van der Waals surface area contributed by atoms with E-state index in [1.54, 1.807) is 0 Å². The van der Waals surface area contributed by atoms with Crippen molar-refractivity contribution in [2.75, 3.05) is 12.3 Å². The van der Waals surface area contributed by atoms with Crippen molar-refractivity contribution in [3.05, 3.63) is 11.5 Å². The van der Waals surface area contributed by atoms with Crippen LogP contribution in [0.25, 0.3) is 0 Å². The molecule has 1 unspecified atom stereocenters. The Bertz CT molecular complexity index is 277. The van der Waals surface area contributed by atoms with Crippen LogP contribution in [-0.4, -0.2) is 11.6 Å². The molecule has 1 aromatic heterocycles. The van der Waals surface area contributed by atoms with Gasteiger partial charge in [-0.1, -0.05) is 0 Å². The summed E-state index contributed by atoms with van der Waals surface area (Å²) in [6.45, 7) is 2.68. The van der Waals surface area contributed by atoms with Gasteiger partial charge < -0.3 is 14.9 Å². The van der Waals surface area contributed by atoms with Crippen LogP contribution in [0.2, 0.25) is 0 Å². The van der Waals surface area contributed by atoms with Gasteiger partial charge in [-0.2, -0.15) is 4.98 Å². The number of hydrogen-bond acceptors (Lipinski definition) is 4. The predicted octanol–water partition coefficient (Wildman–Crippen LogP) is 1.42. The van der Waals surface area contributed by atoms with Gasteiger partial charge in [-0.05, 0) is 19.8 Å². The molecular weight excluding hydrogens is 156 g/mol. The van der Waals surface area contributed by atoms with Crippen molar-refractivity contribution in [2.24, 2.45) is 0 Å². The number of rotatable bonds is 1. The number of aryl methyl sites for hydroxylation is 1. The lowest BCUT2D eigenvalue weighted by Crippen LogP contribution is -1.98. The number of nitrogens with zero attached hydrogens (tertiary/aromatic N) is 1. The van der Waals surface area contributed by atoms with Gasteiger partial charge >= 0.3 is 0 Å². The van der Waals surface area contributed by atoms with Crippen molar-refractivity contribution in [1.29, 1.82) is 0 Å². The Hall–Kier alpha value is -1.03. The van der Waals surface area contributed by atoms with E-state index in [2.05, 4.69) is 4.98 Å². The molecule has 0 bridgehead atoms. The minimum atomic E-state index is 0.103. The van der Waals surface area contributed by atoms with Crippen LogP contribution in [0.1, 0.15) is 30.4 Å². The summed E-state index contributed by atoms with van der Waals surface area (Å²) in [6.07, 6.45) is 2.22. The van der Waals surface area contributed by atoms with Crippen molar-refractivity contribution in [3.63, 3.8) is 0 Å². The quantitative estimate of drug-likeness (QED) is 0.688. The molecule has 1 aliphatic heterocycles. The van der Waals surface area contributed by atoms with E-state index in [9.17, 15) is 0 Å². The monoisotopic (exact) mass is 168 g/mol. The van der Waals surface area contributed by atoms with Gasteiger partial charge in [0, 0.05) is 6.61 Å². The van der Waals surface area contributed by atoms with E-state index in [1.807, 2.05) is 6.92 Å². The van der Waals surface area contributed by atoms with Crippen LogP contribution in [0.5, 0.6) is 0 Å². The minimum absolute atomic E-state index is 0.103. The van der Waals surface area contributed by atoms with Crippen molar-refractivity contribution in [2.45, 2.75) is 25.9 Å². The number of oxazole rings is 1. The third-order valence-electron chi connectivity index (χ3n) is 2.08. The Morgan fingerprint density at radius 3 is 2.92 bits per heavy atom. The number of anilines is 1. The van der Waals surface area contributed by atoms with Crippen LogP contribution in [-0.2, 0) is 4.74 Å². The molecule has 0 aromatic carbocycles. The second-order valence-corrected chi connectivity index (χ2v) is 3.00. The third kappa shape index (κ3) is 1.18. The molecule has 0 saturated carbocycles. The average Bonchev–Trinajstić information content (AvgIpc) is 2.58. The lowest BCUT2D eigenvalue weighted by atomic mass is 10.1. The van der Waals surface area contributed by atoms with Gasteiger partial charge in [-0.3, -0.25) is 0 Å². The topological polar surface area (TPSA) is 61.3 Å². The van der Waals surface area contributed by atoms with E-state index in [0.717, 1.165) is 30.9 Å². The van der Waals surface area contributed by atoms with E-state index in [-0.39, 0.29) is 12.1 Å². The normalized spacial score (nSPS) is 23.2. The summed E-state index contributed by atoms with van der Waals surface area (Å²) in [5, 5.41) is 0. The van der Waals surface area contributed by atoms with Gasteiger partial charge in [0.25, 0.3) is 6.01 Å². The van der Waals surface area contributed by atoms with Crippen molar-refractivity contribution >= 4 is 6.01 Å². The molecule has 1 saturated heterocycles. The largest absolute Gasteiger partial charge is 0.429 e. The predicted molar refractivity (Wildman–Crippen MR) is 43.6 cm³/mol. The molecule has 0 amide bonds. The van der Waals surface area contributed by atoms with E-state index >= 15 is 0 Å². The second-order valence-electron chi connectivity index (χ2n) is 3.00. The van der Waals surface area contributed by atoms with E-state index in [4.69, 9.17) is 14.9 Å². The zero-order chi connectivity index (χ0) is 8.55. The Kier molecular flexibility index (Phi) is 1.77. The first kappa shape index (κ1) is 7.61. The summed E-state index contributed by atoms with van der Waals surface area (Å²) in [6, 6.07) is 0.234. The summed E-state index contributed by atoms with van der Waals surface area (Å²) in [5.41, 5.74) is 6.28. The molecule has 2 rings (SSSR count). The summed E-state index contributed by atoms with van der Waals surface area (Å²) in [5.74, 6) is 0.777. The zero-order valence-corrected chi connectivity index (χ0v) is 7.04. The molecule has 0 radical (unpaired) electrons. The molecule has 2 N–H and O–H groups in total. The molecular formula is C8H12N2O2. The highest BCUT2D eigenvalue weighted by Crippen LogP contribution is 2.30. The fraction of sp³-hybridized carbons (Fsp3) is 0.625. The highest BCUT2D eigenvalue weighted by atomic mass is 16.5. The lowest BCUT2D eigenvalue weighted by Gasteiger charge is -2.04.